The predicted molar refractivity (Wildman–Crippen MR) is 75.1 cm³/mol. The van der Waals surface area contributed by atoms with Gasteiger partial charge >= 0.3 is 5.82 Å². The summed E-state index contributed by atoms with van der Waals surface area (Å²) in [4.78, 5) is 13.8. The highest BCUT2D eigenvalue weighted by Crippen LogP contribution is 2.30. The van der Waals surface area contributed by atoms with Crippen LogP contribution in [-0.4, -0.2) is 16.5 Å². The van der Waals surface area contributed by atoms with Crippen molar-refractivity contribution in [2.75, 3.05) is 11.9 Å². The number of hydrogen-bond donors (Lipinski definition) is 1. The zero-order valence-corrected chi connectivity index (χ0v) is 11.3. The molecule has 0 amide bonds. The molecule has 2 atom stereocenters. The molecular formula is C14H21N3O2. The molecule has 1 fully saturated rings. The second-order valence-corrected chi connectivity index (χ2v) is 5.52. The van der Waals surface area contributed by atoms with E-state index in [2.05, 4.69) is 17.2 Å². The maximum absolute atomic E-state index is 10.5. The molecule has 5 nitrogen and oxygen atoms in total. The normalized spacial score (nSPS) is 23.0. The Labute approximate surface area is 113 Å². The number of aromatic nitrogens is 1. The van der Waals surface area contributed by atoms with Crippen LogP contribution in [0.2, 0.25) is 0 Å². The van der Waals surface area contributed by atoms with Crippen molar-refractivity contribution in [3.05, 3.63) is 28.4 Å². The average Bonchev–Trinajstić information content (AvgIpc) is 2.39. The predicted octanol–water partition coefficient (Wildman–Crippen LogP) is 3.62. The van der Waals surface area contributed by atoms with E-state index in [1.54, 1.807) is 6.07 Å². The number of anilines is 1. The molecule has 1 aliphatic carbocycles. The van der Waals surface area contributed by atoms with Gasteiger partial charge in [0.1, 0.15) is 0 Å². The van der Waals surface area contributed by atoms with E-state index < -0.39 is 4.92 Å². The topological polar surface area (TPSA) is 68.1 Å². The fourth-order valence-corrected chi connectivity index (χ4v) is 2.84. The van der Waals surface area contributed by atoms with E-state index in [4.69, 9.17) is 0 Å². The highest BCUT2D eigenvalue weighted by atomic mass is 16.6. The molecule has 2 rings (SSSR count). The maximum Gasteiger partial charge on any atom is 0.363 e. The largest absolute Gasteiger partial charge is 0.382 e. The van der Waals surface area contributed by atoms with Crippen LogP contribution in [0.15, 0.2) is 18.3 Å². The van der Waals surface area contributed by atoms with Gasteiger partial charge in [-0.1, -0.05) is 26.2 Å². The van der Waals surface area contributed by atoms with Crippen LogP contribution in [0.4, 0.5) is 11.5 Å². The molecule has 0 aliphatic heterocycles. The van der Waals surface area contributed by atoms with Crippen molar-refractivity contribution in [2.24, 2.45) is 11.8 Å². The first kappa shape index (κ1) is 13.8. The second kappa shape index (κ2) is 6.50. The van der Waals surface area contributed by atoms with Gasteiger partial charge in [-0.25, -0.2) is 0 Å². The summed E-state index contributed by atoms with van der Waals surface area (Å²) < 4.78 is 0. The van der Waals surface area contributed by atoms with E-state index in [9.17, 15) is 10.1 Å². The summed E-state index contributed by atoms with van der Waals surface area (Å²) in [6.45, 7) is 3.25. The van der Waals surface area contributed by atoms with Gasteiger partial charge in [-0.3, -0.25) is 0 Å². The monoisotopic (exact) mass is 263 g/mol. The molecule has 1 saturated carbocycles. The molecule has 1 aromatic heterocycles. The van der Waals surface area contributed by atoms with Crippen LogP contribution < -0.4 is 5.32 Å². The Hall–Kier alpha value is -1.65. The number of nitrogens with zero attached hydrogens (tertiary/aromatic N) is 2. The fourth-order valence-electron chi connectivity index (χ4n) is 2.84. The Balaban J connectivity index is 1.74. The van der Waals surface area contributed by atoms with Gasteiger partial charge in [0.2, 0.25) is 0 Å². The highest BCUT2D eigenvalue weighted by molar-refractivity contribution is 5.43. The van der Waals surface area contributed by atoms with Gasteiger partial charge < -0.3 is 15.4 Å². The van der Waals surface area contributed by atoms with Gasteiger partial charge in [-0.2, -0.15) is 0 Å². The number of nitro groups is 1. The highest BCUT2D eigenvalue weighted by Gasteiger charge is 2.18. The van der Waals surface area contributed by atoms with Gasteiger partial charge in [-0.05, 0) is 40.7 Å². The van der Waals surface area contributed by atoms with E-state index in [0.29, 0.717) is 0 Å². The minimum absolute atomic E-state index is 0.105. The number of rotatable bonds is 5. The maximum atomic E-state index is 10.5. The lowest BCUT2D eigenvalue weighted by Crippen LogP contribution is -2.16. The molecule has 104 valence electrons. The van der Waals surface area contributed by atoms with Crippen molar-refractivity contribution in [1.29, 1.82) is 0 Å². The standard InChI is InChI=1S/C14H21N3O2/c1-11-3-2-4-12(9-11)7-8-15-13-5-6-14(16-10-13)17(18)19/h5-6,10-12,15H,2-4,7-9H2,1H3. The molecule has 0 saturated heterocycles. The molecule has 1 aliphatic rings. The molecular weight excluding hydrogens is 242 g/mol. The average molecular weight is 263 g/mol. The Morgan fingerprint density at radius 3 is 2.95 bits per heavy atom. The van der Waals surface area contributed by atoms with Gasteiger partial charge in [-0.15, -0.1) is 0 Å². The first-order chi connectivity index (χ1) is 9.15. The zero-order valence-electron chi connectivity index (χ0n) is 11.3. The second-order valence-electron chi connectivity index (χ2n) is 5.52. The summed E-state index contributed by atoms with van der Waals surface area (Å²) in [5, 5.41) is 13.8. The van der Waals surface area contributed by atoms with Crippen LogP contribution in [0.3, 0.4) is 0 Å². The minimum atomic E-state index is -0.479. The first-order valence-corrected chi connectivity index (χ1v) is 6.99. The summed E-state index contributed by atoms with van der Waals surface area (Å²) in [6.07, 6.45) is 8.09. The van der Waals surface area contributed by atoms with Crippen molar-refractivity contribution in [3.8, 4) is 0 Å². The molecule has 1 heterocycles. The van der Waals surface area contributed by atoms with Crippen LogP contribution in [0.1, 0.15) is 39.0 Å². The van der Waals surface area contributed by atoms with E-state index in [1.165, 1.54) is 44.4 Å². The van der Waals surface area contributed by atoms with Gasteiger partial charge in [0.05, 0.1) is 5.69 Å². The van der Waals surface area contributed by atoms with Crippen LogP contribution in [0.5, 0.6) is 0 Å². The summed E-state index contributed by atoms with van der Waals surface area (Å²) in [7, 11) is 0. The summed E-state index contributed by atoms with van der Waals surface area (Å²) in [5.74, 6) is 1.58. The fraction of sp³-hybridized carbons (Fsp3) is 0.643. The zero-order chi connectivity index (χ0) is 13.7. The van der Waals surface area contributed by atoms with Crippen molar-refractivity contribution in [2.45, 2.75) is 39.0 Å². The quantitative estimate of drug-likeness (QED) is 0.650. The van der Waals surface area contributed by atoms with Crippen molar-refractivity contribution in [1.82, 2.24) is 4.98 Å². The smallest absolute Gasteiger partial charge is 0.363 e. The third kappa shape index (κ3) is 4.19. The third-order valence-electron chi connectivity index (χ3n) is 3.86. The van der Waals surface area contributed by atoms with Crippen LogP contribution in [-0.2, 0) is 0 Å². The molecule has 1 N–H and O–H groups in total. The van der Waals surface area contributed by atoms with Gasteiger partial charge in [0.15, 0.2) is 6.20 Å². The van der Waals surface area contributed by atoms with Crippen molar-refractivity contribution < 1.29 is 4.92 Å². The molecule has 0 aromatic carbocycles. The van der Waals surface area contributed by atoms with Crippen LogP contribution in [0.25, 0.3) is 0 Å². The van der Waals surface area contributed by atoms with Crippen molar-refractivity contribution in [3.63, 3.8) is 0 Å². The SMILES string of the molecule is CC1CCCC(CCNc2ccc([N+](=O)[O-])nc2)C1. The Kier molecular flexibility index (Phi) is 4.71. The molecule has 5 heteroatoms. The Morgan fingerprint density at radius 2 is 2.32 bits per heavy atom. The molecule has 19 heavy (non-hydrogen) atoms. The van der Waals surface area contributed by atoms with E-state index in [-0.39, 0.29) is 5.82 Å². The molecule has 0 radical (unpaired) electrons. The number of pyridine rings is 1. The van der Waals surface area contributed by atoms with Crippen molar-refractivity contribution >= 4 is 11.5 Å². The lowest BCUT2D eigenvalue weighted by Gasteiger charge is -2.26. The van der Waals surface area contributed by atoms with Crippen LogP contribution >= 0.6 is 0 Å². The molecule has 2 unspecified atom stereocenters. The van der Waals surface area contributed by atoms with E-state index in [1.807, 2.05) is 0 Å². The lowest BCUT2D eigenvalue weighted by molar-refractivity contribution is -0.389. The Bertz CT molecular complexity index is 419. The first-order valence-electron chi connectivity index (χ1n) is 6.99. The Morgan fingerprint density at radius 1 is 1.47 bits per heavy atom. The third-order valence-corrected chi connectivity index (χ3v) is 3.86. The number of nitrogens with one attached hydrogen (secondary N) is 1. The molecule has 1 aromatic rings. The summed E-state index contributed by atoms with van der Waals surface area (Å²) in [5.41, 5.74) is 0.856. The summed E-state index contributed by atoms with van der Waals surface area (Å²) in [6, 6.07) is 3.15. The van der Waals surface area contributed by atoms with Gasteiger partial charge in [0.25, 0.3) is 0 Å². The summed E-state index contributed by atoms with van der Waals surface area (Å²) >= 11 is 0. The minimum Gasteiger partial charge on any atom is -0.382 e. The van der Waals surface area contributed by atoms with E-state index in [0.717, 1.165) is 24.1 Å². The van der Waals surface area contributed by atoms with Gasteiger partial charge in [0, 0.05) is 12.6 Å². The molecule has 0 spiro atoms. The molecule has 0 bridgehead atoms. The van der Waals surface area contributed by atoms with Crippen LogP contribution in [0, 0.1) is 22.0 Å². The van der Waals surface area contributed by atoms with E-state index >= 15 is 0 Å². The number of hydrogen-bond acceptors (Lipinski definition) is 4. The lowest BCUT2D eigenvalue weighted by atomic mass is 9.81.